The largest absolute Gasteiger partial charge is 0.252 e. The number of rotatable bonds is 1. The summed E-state index contributed by atoms with van der Waals surface area (Å²) in [6.45, 7) is 0. The molecule has 3 aromatic rings. The predicted molar refractivity (Wildman–Crippen MR) is 85.0 cm³/mol. The van der Waals surface area contributed by atoms with Crippen LogP contribution < -0.4 is 0 Å². The molecular formula is C19H18FN. The summed E-state index contributed by atoms with van der Waals surface area (Å²) in [5.74, 6) is 0.359. The van der Waals surface area contributed by atoms with E-state index in [1.807, 2.05) is 12.1 Å². The number of hydrogen-bond donors (Lipinski definition) is 0. The minimum absolute atomic E-state index is 0.195. The zero-order valence-corrected chi connectivity index (χ0v) is 12.0. The van der Waals surface area contributed by atoms with E-state index in [1.165, 1.54) is 49.3 Å². The fraction of sp³-hybridized carbons (Fsp3) is 0.316. The molecule has 1 aliphatic rings. The zero-order valence-electron chi connectivity index (χ0n) is 12.0. The van der Waals surface area contributed by atoms with Gasteiger partial charge in [0.15, 0.2) is 0 Å². The predicted octanol–water partition coefficient (Wildman–Crippen LogP) is 5.57. The minimum Gasteiger partial charge on any atom is -0.252 e. The first-order chi connectivity index (χ1) is 10.3. The number of benzene rings is 2. The summed E-state index contributed by atoms with van der Waals surface area (Å²) in [5.41, 5.74) is 2.13. The van der Waals surface area contributed by atoms with E-state index in [1.54, 1.807) is 6.07 Å². The summed E-state index contributed by atoms with van der Waals surface area (Å²) < 4.78 is 13.6. The maximum absolute atomic E-state index is 13.6. The van der Waals surface area contributed by atoms with Gasteiger partial charge in [0, 0.05) is 16.7 Å². The average Bonchev–Trinajstić information content (AvgIpc) is 2.55. The third-order valence-electron chi connectivity index (χ3n) is 4.68. The van der Waals surface area contributed by atoms with Crippen molar-refractivity contribution in [3.8, 4) is 0 Å². The van der Waals surface area contributed by atoms with Crippen LogP contribution in [0.3, 0.4) is 0 Å². The molecule has 0 unspecified atom stereocenters. The van der Waals surface area contributed by atoms with Crippen molar-refractivity contribution >= 4 is 21.7 Å². The van der Waals surface area contributed by atoms with E-state index in [4.69, 9.17) is 4.98 Å². The van der Waals surface area contributed by atoms with Crippen LogP contribution in [0.2, 0.25) is 0 Å². The Balaban J connectivity index is 2.02. The van der Waals surface area contributed by atoms with E-state index in [0.717, 1.165) is 16.3 Å². The minimum atomic E-state index is -0.195. The van der Waals surface area contributed by atoms with Gasteiger partial charge < -0.3 is 0 Å². The van der Waals surface area contributed by atoms with Crippen LogP contribution in [0.25, 0.3) is 21.7 Å². The van der Waals surface area contributed by atoms with Crippen molar-refractivity contribution in [2.75, 3.05) is 0 Å². The molecule has 1 aliphatic carbocycles. The summed E-state index contributed by atoms with van der Waals surface area (Å²) in [6, 6.07) is 13.2. The Morgan fingerprint density at radius 1 is 0.857 bits per heavy atom. The van der Waals surface area contributed by atoms with E-state index in [-0.39, 0.29) is 5.82 Å². The Labute approximate surface area is 123 Å². The third kappa shape index (κ3) is 2.19. The summed E-state index contributed by atoms with van der Waals surface area (Å²) in [4.78, 5) is 4.90. The Hall–Kier alpha value is -1.96. The van der Waals surface area contributed by atoms with Crippen LogP contribution in [0.5, 0.6) is 0 Å². The quantitative estimate of drug-likeness (QED) is 0.530. The van der Waals surface area contributed by atoms with Gasteiger partial charge in [-0.15, -0.1) is 0 Å². The molecular weight excluding hydrogens is 261 g/mol. The lowest BCUT2D eigenvalue weighted by Crippen LogP contribution is -2.07. The molecule has 0 amide bonds. The Morgan fingerprint density at radius 2 is 1.62 bits per heavy atom. The maximum Gasteiger partial charge on any atom is 0.123 e. The topological polar surface area (TPSA) is 12.9 Å². The molecule has 1 aromatic heterocycles. The second-order valence-corrected chi connectivity index (χ2v) is 6.04. The van der Waals surface area contributed by atoms with Gasteiger partial charge in [0.2, 0.25) is 0 Å². The van der Waals surface area contributed by atoms with Gasteiger partial charge in [0.1, 0.15) is 5.82 Å². The van der Waals surface area contributed by atoms with Crippen LogP contribution >= 0.6 is 0 Å². The number of hydrogen-bond acceptors (Lipinski definition) is 1. The van der Waals surface area contributed by atoms with Gasteiger partial charge in [0.05, 0.1) is 11.2 Å². The molecule has 106 valence electrons. The molecule has 2 heteroatoms. The van der Waals surface area contributed by atoms with E-state index >= 15 is 0 Å². The summed E-state index contributed by atoms with van der Waals surface area (Å²) in [5, 5.41) is 3.25. The van der Waals surface area contributed by atoms with Crippen LogP contribution in [-0.4, -0.2) is 4.98 Å². The SMILES string of the molecule is Fc1ccc2nc(C3CCCCC3)c3ccccc3c2c1. The van der Waals surface area contributed by atoms with Crippen molar-refractivity contribution < 1.29 is 4.39 Å². The van der Waals surface area contributed by atoms with Crippen molar-refractivity contribution in [1.82, 2.24) is 4.98 Å². The average molecular weight is 279 g/mol. The van der Waals surface area contributed by atoms with Crippen LogP contribution in [0, 0.1) is 5.82 Å². The molecule has 2 aromatic carbocycles. The highest BCUT2D eigenvalue weighted by molar-refractivity contribution is 6.06. The number of halogens is 1. The smallest absolute Gasteiger partial charge is 0.123 e. The zero-order chi connectivity index (χ0) is 14.2. The van der Waals surface area contributed by atoms with E-state index < -0.39 is 0 Å². The monoisotopic (exact) mass is 279 g/mol. The highest BCUT2D eigenvalue weighted by Crippen LogP contribution is 2.37. The molecule has 0 atom stereocenters. The normalized spacial score (nSPS) is 16.6. The summed E-state index contributed by atoms with van der Waals surface area (Å²) >= 11 is 0. The lowest BCUT2D eigenvalue weighted by atomic mass is 9.84. The molecule has 0 N–H and O–H groups in total. The molecule has 1 saturated carbocycles. The standard InChI is InChI=1S/C19H18FN/c20-14-10-11-18-17(12-14)15-8-4-5-9-16(15)19(21-18)13-6-2-1-3-7-13/h4-5,8-13H,1-3,6-7H2. The van der Waals surface area contributed by atoms with Crippen molar-refractivity contribution in [3.05, 3.63) is 54.0 Å². The van der Waals surface area contributed by atoms with Crippen molar-refractivity contribution in [2.24, 2.45) is 0 Å². The molecule has 4 rings (SSSR count). The van der Waals surface area contributed by atoms with Crippen LogP contribution in [0.4, 0.5) is 4.39 Å². The van der Waals surface area contributed by atoms with Gasteiger partial charge in [-0.2, -0.15) is 0 Å². The first-order valence-electron chi connectivity index (χ1n) is 7.81. The van der Waals surface area contributed by atoms with E-state index in [0.29, 0.717) is 5.92 Å². The van der Waals surface area contributed by atoms with Gasteiger partial charge in [-0.05, 0) is 36.4 Å². The fourth-order valence-corrected chi connectivity index (χ4v) is 3.64. The van der Waals surface area contributed by atoms with Gasteiger partial charge in [-0.25, -0.2) is 4.39 Å². The first kappa shape index (κ1) is 12.8. The molecule has 0 aliphatic heterocycles. The second-order valence-electron chi connectivity index (χ2n) is 6.04. The Kier molecular flexibility index (Phi) is 3.10. The highest BCUT2D eigenvalue weighted by Gasteiger charge is 2.20. The molecule has 0 bridgehead atoms. The summed E-state index contributed by atoms with van der Waals surface area (Å²) in [6.07, 6.45) is 6.38. The van der Waals surface area contributed by atoms with Gasteiger partial charge in [-0.3, -0.25) is 4.98 Å². The fourth-order valence-electron chi connectivity index (χ4n) is 3.64. The first-order valence-corrected chi connectivity index (χ1v) is 7.81. The number of pyridine rings is 1. The van der Waals surface area contributed by atoms with Crippen molar-refractivity contribution in [2.45, 2.75) is 38.0 Å². The molecule has 1 fully saturated rings. The van der Waals surface area contributed by atoms with Gasteiger partial charge >= 0.3 is 0 Å². The van der Waals surface area contributed by atoms with Crippen LogP contribution in [0.15, 0.2) is 42.5 Å². The number of fused-ring (bicyclic) bond motifs is 3. The summed E-state index contributed by atoms with van der Waals surface area (Å²) in [7, 11) is 0. The van der Waals surface area contributed by atoms with Gasteiger partial charge in [0.25, 0.3) is 0 Å². The lowest BCUT2D eigenvalue weighted by Gasteiger charge is -2.23. The highest BCUT2D eigenvalue weighted by atomic mass is 19.1. The molecule has 0 spiro atoms. The Bertz CT molecular complexity index is 803. The van der Waals surface area contributed by atoms with Crippen LogP contribution in [-0.2, 0) is 0 Å². The molecule has 1 nitrogen and oxygen atoms in total. The second kappa shape index (κ2) is 5.10. The number of aromatic nitrogens is 1. The van der Waals surface area contributed by atoms with Crippen LogP contribution in [0.1, 0.15) is 43.7 Å². The van der Waals surface area contributed by atoms with Gasteiger partial charge in [-0.1, -0.05) is 43.5 Å². The van der Waals surface area contributed by atoms with E-state index in [2.05, 4.69) is 18.2 Å². The van der Waals surface area contributed by atoms with Crippen molar-refractivity contribution in [1.29, 1.82) is 0 Å². The Morgan fingerprint density at radius 3 is 2.43 bits per heavy atom. The maximum atomic E-state index is 13.6. The number of nitrogens with zero attached hydrogens (tertiary/aromatic N) is 1. The molecule has 21 heavy (non-hydrogen) atoms. The van der Waals surface area contributed by atoms with Crippen molar-refractivity contribution in [3.63, 3.8) is 0 Å². The molecule has 0 radical (unpaired) electrons. The molecule has 0 saturated heterocycles. The molecule has 1 heterocycles. The van der Waals surface area contributed by atoms with E-state index in [9.17, 15) is 4.39 Å². The lowest BCUT2D eigenvalue weighted by molar-refractivity contribution is 0.439. The third-order valence-corrected chi connectivity index (χ3v) is 4.68.